The topological polar surface area (TPSA) is 56.7 Å². The average Bonchev–Trinajstić information content (AvgIpc) is 2.73. The van der Waals surface area contributed by atoms with Crippen LogP contribution in [0.3, 0.4) is 0 Å². The molecule has 0 bridgehead atoms. The average molecular weight is 271 g/mol. The highest BCUT2D eigenvalue weighted by molar-refractivity contribution is 6.37. The fourth-order valence-corrected chi connectivity index (χ4v) is 2.00. The number of halogens is 2. The molecule has 2 aromatic rings. The third kappa shape index (κ3) is 2.10. The van der Waals surface area contributed by atoms with Gasteiger partial charge in [-0.3, -0.25) is 0 Å². The number of aromatic nitrogens is 3. The maximum atomic E-state index is 6.15. The number of rotatable bonds is 2. The van der Waals surface area contributed by atoms with Gasteiger partial charge in [0.05, 0.1) is 21.3 Å². The van der Waals surface area contributed by atoms with Crippen LogP contribution in [0.4, 0.5) is 5.69 Å². The van der Waals surface area contributed by atoms with Gasteiger partial charge in [-0.2, -0.15) is 0 Å². The molecule has 6 heteroatoms. The molecular formula is C11H12Cl2N4. The molecule has 0 amide bonds. The highest BCUT2D eigenvalue weighted by Crippen LogP contribution is 2.37. The van der Waals surface area contributed by atoms with E-state index in [0.29, 0.717) is 27.1 Å². The minimum absolute atomic E-state index is 0.217. The molecule has 1 aromatic carbocycles. The fourth-order valence-electron chi connectivity index (χ4n) is 1.59. The Morgan fingerprint density at radius 2 is 1.88 bits per heavy atom. The summed E-state index contributed by atoms with van der Waals surface area (Å²) in [6.45, 7) is 4.06. The highest BCUT2D eigenvalue weighted by Gasteiger charge is 2.17. The molecule has 2 rings (SSSR count). The molecule has 0 fully saturated rings. The van der Waals surface area contributed by atoms with Crippen LogP contribution in [0.1, 0.15) is 19.9 Å². The lowest BCUT2D eigenvalue weighted by atomic mass is 10.1. The molecule has 4 nitrogen and oxygen atoms in total. The first kappa shape index (κ1) is 12.2. The summed E-state index contributed by atoms with van der Waals surface area (Å²) in [5.41, 5.74) is 7.00. The molecule has 17 heavy (non-hydrogen) atoms. The Kier molecular flexibility index (Phi) is 3.26. The van der Waals surface area contributed by atoms with E-state index in [1.54, 1.807) is 18.5 Å². The number of anilines is 1. The van der Waals surface area contributed by atoms with Crippen LogP contribution in [-0.2, 0) is 0 Å². The lowest BCUT2D eigenvalue weighted by molar-refractivity contribution is 0.604. The summed E-state index contributed by atoms with van der Waals surface area (Å²) in [5, 5.41) is 8.92. The zero-order valence-corrected chi connectivity index (χ0v) is 11.0. The maximum absolute atomic E-state index is 6.15. The van der Waals surface area contributed by atoms with Crippen LogP contribution in [-0.4, -0.2) is 14.8 Å². The zero-order valence-electron chi connectivity index (χ0n) is 9.48. The smallest absolute Gasteiger partial charge is 0.167 e. The predicted molar refractivity (Wildman–Crippen MR) is 70.3 cm³/mol. The van der Waals surface area contributed by atoms with Gasteiger partial charge in [0.1, 0.15) is 6.33 Å². The number of hydrogen-bond acceptors (Lipinski definition) is 3. The molecular weight excluding hydrogens is 259 g/mol. The zero-order chi connectivity index (χ0) is 12.6. The first-order chi connectivity index (χ1) is 8.02. The van der Waals surface area contributed by atoms with Gasteiger partial charge >= 0.3 is 0 Å². The SMILES string of the molecule is CC(C)n1cnnc1-c1c(Cl)ccc(Cl)c1N. The van der Waals surface area contributed by atoms with Crippen molar-refractivity contribution in [1.29, 1.82) is 0 Å². The summed E-state index contributed by atoms with van der Waals surface area (Å²) < 4.78 is 1.90. The van der Waals surface area contributed by atoms with Crippen molar-refractivity contribution in [2.75, 3.05) is 5.73 Å². The first-order valence-corrected chi connectivity index (χ1v) is 5.91. The molecule has 0 spiro atoms. The first-order valence-electron chi connectivity index (χ1n) is 5.15. The van der Waals surface area contributed by atoms with Gasteiger partial charge in [-0.1, -0.05) is 23.2 Å². The Morgan fingerprint density at radius 1 is 1.24 bits per heavy atom. The molecule has 0 radical (unpaired) electrons. The van der Waals surface area contributed by atoms with Crippen molar-refractivity contribution in [3.8, 4) is 11.4 Å². The van der Waals surface area contributed by atoms with Crippen molar-refractivity contribution >= 4 is 28.9 Å². The van der Waals surface area contributed by atoms with Gasteiger partial charge < -0.3 is 10.3 Å². The summed E-state index contributed by atoms with van der Waals surface area (Å²) in [4.78, 5) is 0. The van der Waals surface area contributed by atoms with Gasteiger partial charge in [-0.05, 0) is 26.0 Å². The molecule has 1 aromatic heterocycles. The standard InChI is InChI=1S/C11H12Cl2N4/c1-6(2)17-5-15-16-11(17)9-7(12)3-4-8(13)10(9)14/h3-6H,14H2,1-2H3. The van der Waals surface area contributed by atoms with Crippen LogP contribution in [0.15, 0.2) is 18.5 Å². The summed E-state index contributed by atoms with van der Waals surface area (Å²) in [5.74, 6) is 0.630. The van der Waals surface area contributed by atoms with Crippen LogP contribution in [0.5, 0.6) is 0 Å². The minimum Gasteiger partial charge on any atom is -0.397 e. The van der Waals surface area contributed by atoms with E-state index >= 15 is 0 Å². The Hall–Kier alpha value is -1.26. The second-order valence-corrected chi connectivity index (χ2v) is 4.79. The Labute approximate surface area is 109 Å². The van der Waals surface area contributed by atoms with E-state index in [0.717, 1.165) is 0 Å². The summed E-state index contributed by atoms with van der Waals surface area (Å²) >= 11 is 12.1. The quantitative estimate of drug-likeness (QED) is 0.851. The summed E-state index contributed by atoms with van der Waals surface area (Å²) in [7, 11) is 0. The van der Waals surface area contributed by atoms with Gasteiger partial charge in [0.25, 0.3) is 0 Å². The van der Waals surface area contributed by atoms with E-state index in [-0.39, 0.29) is 6.04 Å². The lowest BCUT2D eigenvalue weighted by Gasteiger charge is -2.13. The largest absolute Gasteiger partial charge is 0.397 e. The van der Waals surface area contributed by atoms with Crippen LogP contribution in [0, 0.1) is 0 Å². The maximum Gasteiger partial charge on any atom is 0.167 e. The summed E-state index contributed by atoms with van der Waals surface area (Å²) in [6.07, 6.45) is 1.65. The number of nitrogens with two attached hydrogens (primary N) is 1. The Balaban J connectivity index is 2.68. The van der Waals surface area contributed by atoms with Gasteiger partial charge in [0.15, 0.2) is 5.82 Å². The van der Waals surface area contributed by atoms with E-state index in [2.05, 4.69) is 10.2 Å². The van der Waals surface area contributed by atoms with E-state index < -0.39 is 0 Å². The highest BCUT2D eigenvalue weighted by atomic mass is 35.5. The molecule has 0 unspecified atom stereocenters. The van der Waals surface area contributed by atoms with Gasteiger partial charge in [0, 0.05) is 6.04 Å². The van der Waals surface area contributed by atoms with Crippen LogP contribution in [0.25, 0.3) is 11.4 Å². The summed E-state index contributed by atoms with van der Waals surface area (Å²) in [6, 6.07) is 3.59. The molecule has 2 N–H and O–H groups in total. The second-order valence-electron chi connectivity index (χ2n) is 3.97. The van der Waals surface area contributed by atoms with E-state index in [1.165, 1.54) is 0 Å². The molecule has 0 saturated carbocycles. The fraction of sp³-hybridized carbons (Fsp3) is 0.273. The molecule has 1 heterocycles. The van der Waals surface area contributed by atoms with Crippen molar-refractivity contribution in [3.05, 3.63) is 28.5 Å². The van der Waals surface area contributed by atoms with Crippen molar-refractivity contribution in [2.45, 2.75) is 19.9 Å². The normalized spacial score (nSPS) is 11.1. The van der Waals surface area contributed by atoms with E-state index in [4.69, 9.17) is 28.9 Å². The monoisotopic (exact) mass is 270 g/mol. The molecule has 0 saturated heterocycles. The number of nitrogen functional groups attached to an aromatic ring is 1. The lowest BCUT2D eigenvalue weighted by Crippen LogP contribution is -2.04. The van der Waals surface area contributed by atoms with Crippen LogP contribution in [0.2, 0.25) is 10.0 Å². The van der Waals surface area contributed by atoms with Gasteiger partial charge in [0.2, 0.25) is 0 Å². The van der Waals surface area contributed by atoms with E-state index in [1.807, 2.05) is 18.4 Å². The molecule has 0 aliphatic heterocycles. The van der Waals surface area contributed by atoms with Crippen LogP contribution < -0.4 is 5.73 Å². The van der Waals surface area contributed by atoms with Crippen molar-refractivity contribution in [2.24, 2.45) is 0 Å². The predicted octanol–water partition coefficient (Wildman–Crippen LogP) is 3.42. The van der Waals surface area contributed by atoms with Gasteiger partial charge in [-0.25, -0.2) is 0 Å². The minimum atomic E-state index is 0.217. The number of nitrogens with zero attached hydrogens (tertiary/aromatic N) is 3. The van der Waals surface area contributed by atoms with Crippen molar-refractivity contribution in [3.63, 3.8) is 0 Å². The molecule has 0 aliphatic carbocycles. The molecule has 0 aliphatic rings. The van der Waals surface area contributed by atoms with Gasteiger partial charge in [-0.15, -0.1) is 10.2 Å². The van der Waals surface area contributed by atoms with Crippen LogP contribution >= 0.6 is 23.2 Å². The number of hydrogen-bond donors (Lipinski definition) is 1. The second kappa shape index (κ2) is 4.55. The third-order valence-electron chi connectivity index (χ3n) is 2.49. The van der Waals surface area contributed by atoms with Crippen molar-refractivity contribution < 1.29 is 0 Å². The van der Waals surface area contributed by atoms with E-state index in [9.17, 15) is 0 Å². The third-order valence-corrected chi connectivity index (χ3v) is 3.14. The molecule has 0 atom stereocenters. The number of benzene rings is 1. The molecule has 90 valence electrons. The Morgan fingerprint density at radius 3 is 2.53 bits per heavy atom. The Bertz CT molecular complexity index is 548. The van der Waals surface area contributed by atoms with Crippen molar-refractivity contribution in [1.82, 2.24) is 14.8 Å².